The summed E-state index contributed by atoms with van der Waals surface area (Å²) in [6.45, 7) is 2.86. The molecule has 2 heterocycles. The van der Waals surface area contributed by atoms with Crippen LogP contribution in [0.5, 0.6) is 0 Å². The molecule has 0 bridgehead atoms. The molecule has 1 amide bonds. The predicted octanol–water partition coefficient (Wildman–Crippen LogP) is 3.85. The number of pyridine rings is 1. The highest BCUT2D eigenvalue weighted by Crippen LogP contribution is 2.21. The van der Waals surface area contributed by atoms with Crippen LogP contribution in [-0.4, -0.2) is 42.0 Å². The lowest BCUT2D eigenvalue weighted by Crippen LogP contribution is -2.49. The van der Waals surface area contributed by atoms with Crippen LogP contribution in [0.25, 0.3) is 10.9 Å². The van der Waals surface area contributed by atoms with Crippen molar-refractivity contribution in [2.24, 2.45) is 0 Å². The van der Waals surface area contributed by atoms with E-state index in [9.17, 15) is 4.79 Å². The van der Waals surface area contributed by atoms with Crippen LogP contribution in [-0.2, 0) is 0 Å². The van der Waals surface area contributed by atoms with Crippen LogP contribution in [0.3, 0.4) is 0 Å². The van der Waals surface area contributed by atoms with Crippen LogP contribution in [0.1, 0.15) is 10.4 Å². The fraction of sp³-hybridized carbons (Fsp3) is 0.200. The summed E-state index contributed by atoms with van der Waals surface area (Å²) in [6.07, 6.45) is 0. The highest BCUT2D eigenvalue weighted by molar-refractivity contribution is 6.33. The molecule has 1 saturated heterocycles. The number of nitrogens with zero attached hydrogens (tertiary/aromatic N) is 3. The molecule has 0 saturated carbocycles. The van der Waals surface area contributed by atoms with Crippen LogP contribution in [0.4, 0.5) is 5.82 Å². The van der Waals surface area contributed by atoms with Gasteiger partial charge < -0.3 is 9.80 Å². The zero-order chi connectivity index (χ0) is 17.2. The fourth-order valence-corrected chi connectivity index (χ4v) is 3.39. The Bertz CT molecular complexity index is 919. The summed E-state index contributed by atoms with van der Waals surface area (Å²) in [4.78, 5) is 21.5. The first-order valence-electron chi connectivity index (χ1n) is 8.37. The van der Waals surface area contributed by atoms with Gasteiger partial charge in [-0.15, -0.1) is 0 Å². The van der Waals surface area contributed by atoms with Gasteiger partial charge in [-0.05, 0) is 30.3 Å². The topological polar surface area (TPSA) is 36.4 Å². The van der Waals surface area contributed by atoms with Crippen LogP contribution >= 0.6 is 11.6 Å². The summed E-state index contributed by atoms with van der Waals surface area (Å²) < 4.78 is 0. The van der Waals surface area contributed by atoms with Gasteiger partial charge in [0.25, 0.3) is 5.91 Å². The lowest BCUT2D eigenvalue weighted by atomic mass is 10.1. The zero-order valence-corrected chi connectivity index (χ0v) is 14.5. The smallest absolute Gasteiger partial charge is 0.255 e. The van der Waals surface area contributed by atoms with Crippen molar-refractivity contribution in [1.29, 1.82) is 0 Å². The van der Waals surface area contributed by atoms with Gasteiger partial charge in [-0.1, -0.05) is 41.9 Å². The molecule has 2 aromatic carbocycles. The van der Waals surface area contributed by atoms with Crippen molar-refractivity contribution >= 4 is 34.2 Å². The van der Waals surface area contributed by atoms with Gasteiger partial charge in [-0.2, -0.15) is 0 Å². The van der Waals surface area contributed by atoms with E-state index >= 15 is 0 Å². The number of benzene rings is 2. The first kappa shape index (κ1) is 15.9. The first-order valence-corrected chi connectivity index (χ1v) is 8.75. The van der Waals surface area contributed by atoms with E-state index < -0.39 is 0 Å². The van der Waals surface area contributed by atoms with Gasteiger partial charge in [0.15, 0.2) is 0 Å². The van der Waals surface area contributed by atoms with E-state index in [-0.39, 0.29) is 5.91 Å². The minimum absolute atomic E-state index is 0.00304. The van der Waals surface area contributed by atoms with E-state index in [0.29, 0.717) is 23.7 Å². The second kappa shape index (κ2) is 6.73. The molecule has 3 aromatic rings. The lowest BCUT2D eigenvalue weighted by molar-refractivity contribution is 0.0746. The monoisotopic (exact) mass is 351 g/mol. The average molecular weight is 352 g/mol. The molecule has 0 unspecified atom stereocenters. The molecule has 0 spiro atoms. The van der Waals surface area contributed by atoms with E-state index in [1.165, 1.54) is 0 Å². The maximum Gasteiger partial charge on any atom is 0.255 e. The molecule has 4 nitrogen and oxygen atoms in total. The van der Waals surface area contributed by atoms with Crippen molar-refractivity contribution in [3.05, 3.63) is 71.2 Å². The molecule has 1 aliphatic rings. The Morgan fingerprint density at radius 3 is 2.40 bits per heavy atom. The molecule has 0 N–H and O–H groups in total. The number of halogens is 1. The second-order valence-electron chi connectivity index (χ2n) is 6.12. The number of amides is 1. The van der Waals surface area contributed by atoms with Gasteiger partial charge in [0.2, 0.25) is 0 Å². The maximum atomic E-state index is 12.6. The predicted molar refractivity (Wildman–Crippen MR) is 101 cm³/mol. The Kier molecular flexibility index (Phi) is 4.28. The minimum atomic E-state index is -0.00304. The fourth-order valence-electron chi connectivity index (χ4n) is 3.18. The number of rotatable bonds is 2. The third-order valence-electron chi connectivity index (χ3n) is 4.58. The van der Waals surface area contributed by atoms with Crippen molar-refractivity contribution < 1.29 is 4.79 Å². The van der Waals surface area contributed by atoms with Crippen LogP contribution in [0.2, 0.25) is 5.02 Å². The maximum absolute atomic E-state index is 12.6. The van der Waals surface area contributed by atoms with Gasteiger partial charge in [-0.25, -0.2) is 4.98 Å². The Morgan fingerprint density at radius 1 is 0.880 bits per heavy atom. The first-order chi connectivity index (χ1) is 12.2. The molecular weight excluding hydrogens is 334 g/mol. The largest absolute Gasteiger partial charge is 0.353 e. The molecule has 5 heteroatoms. The number of piperazine rings is 1. The van der Waals surface area contributed by atoms with Gasteiger partial charge in [0.05, 0.1) is 16.1 Å². The van der Waals surface area contributed by atoms with Crippen molar-refractivity contribution in [3.8, 4) is 0 Å². The van der Waals surface area contributed by atoms with E-state index in [1.54, 1.807) is 12.1 Å². The summed E-state index contributed by atoms with van der Waals surface area (Å²) in [5.74, 6) is 0.959. The summed E-state index contributed by atoms with van der Waals surface area (Å²) in [7, 11) is 0. The van der Waals surface area contributed by atoms with Crippen molar-refractivity contribution in [2.75, 3.05) is 31.1 Å². The van der Waals surface area contributed by atoms with Crippen LogP contribution < -0.4 is 4.90 Å². The Morgan fingerprint density at radius 2 is 1.60 bits per heavy atom. The molecule has 126 valence electrons. The molecule has 0 radical (unpaired) electrons. The number of carbonyl (C=O) groups excluding carboxylic acids is 1. The van der Waals surface area contributed by atoms with E-state index in [1.807, 2.05) is 41.3 Å². The molecule has 0 aliphatic carbocycles. The number of aromatic nitrogens is 1. The summed E-state index contributed by atoms with van der Waals surface area (Å²) in [5, 5.41) is 1.64. The van der Waals surface area contributed by atoms with Crippen LogP contribution in [0, 0.1) is 0 Å². The average Bonchev–Trinajstić information content (AvgIpc) is 2.67. The van der Waals surface area contributed by atoms with E-state index in [0.717, 1.165) is 29.8 Å². The van der Waals surface area contributed by atoms with Gasteiger partial charge in [0, 0.05) is 31.6 Å². The number of hydrogen-bond donors (Lipinski definition) is 0. The summed E-state index contributed by atoms with van der Waals surface area (Å²) >= 11 is 6.15. The highest BCUT2D eigenvalue weighted by Gasteiger charge is 2.24. The van der Waals surface area contributed by atoms with Gasteiger partial charge in [-0.3, -0.25) is 4.79 Å². The number of fused-ring (bicyclic) bond motifs is 1. The van der Waals surface area contributed by atoms with Gasteiger partial charge in [0.1, 0.15) is 5.82 Å². The molecule has 1 fully saturated rings. The van der Waals surface area contributed by atoms with Crippen LogP contribution in [0.15, 0.2) is 60.7 Å². The summed E-state index contributed by atoms with van der Waals surface area (Å²) in [5.41, 5.74) is 1.57. The minimum Gasteiger partial charge on any atom is -0.353 e. The molecular formula is C20H18ClN3O. The Balaban J connectivity index is 1.47. The normalized spacial score (nSPS) is 14.8. The van der Waals surface area contributed by atoms with E-state index in [4.69, 9.17) is 16.6 Å². The van der Waals surface area contributed by atoms with Crippen molar-refractivity contribution in [3.63, 3.8) is 0 Å². The highest BCUT2D eigenvalue weighted by atomic mass is 35.5. The number of anilines is 1. The number of para-hydroxylation sites is 1. The number of hydrogen-bond acceptors (Lipinski definition) is 3. The van der Waals surface area contributed by atoms with Crippen molar-refractivity contribution in [1.82, 2.24) is 9.88 Å². The quantitative estimate of drug-likeness (QED) is 0.703. The Hall–Kier alpha value is -2.59. The third-order valence-corrected chi connectivity index (χ3v) is 4.91. The Labute approximate surface area is 151 Å². The molecule has 4 rings (SSSR count). The summed E-state index contributed by atoms with van der Waals surface area (Å²) in [6, 6.07) is 19.5. The number of carbonyl (C=O) groups is 1. The SMILES string of the molecule is O=C(c1ccccc1Cl)N1CCN(c2ccc3ccccc3n2)CC1. The molecule has 25 heavy (non-hydrogen) atoms. The third kappa shape index (κ3) is 3.17. The molecule has 1 aromatic heterocycles. The second-order valence-corrected chi connectivity index (χ2v) is 6.53. The van der Waals surface area contributed by atoms with Gasteiger partial charge >= 0.3 is 0 Å². The molecule has 0 atom stereocenters. The standard InChI is InChI=1S/C20H18ClN3O/c21-17-7-3-2-6-16(17)20(25)24-13-11-23(12-14-24)19-10-9-15-5-1-4-8-18(15)22-19/h1-10H,11-14H2. The van der Waals surface area contributed by atoms with Crippen molar-refractivity contribution in [2.45, 2.75) is 0 Å². The molecule has 1 aliphatic heterocycles. The zero-order valence-electron chi connectivity index (χ0n) is 13.7. The lowest BCUT2D eigenvalue weighted by Gasteiger charge is -2.35. The van der Waals surface area contributed by atoms with E-state index in [2.05, 4.69) is 17.0 Å².